The van der Waals surface area contributed by atoms with E-state index in [9.17, 15) is 9.18 Å². The first-order valence-corrected chi connectivity index (χ1v) is 8.46. The van der Waals surface area contributed by atoms with Crippen molar-refractivity contribution in [2.24, 2.45) is 21.8 Å². The summed E-state index contributed by atoms with van der Waals surface area (Å²) in [6, 6.07) is 4.55. The smallest absolute Gasteiger partial charge is 0.244 e. The number of hydrazone groups is 1. The van der Waals surface area contributed by atoms with Crippen LogP contribution in [-0.2, 0) is 11.2 Å². The van der Waals surface area contributed by atoms with Gasteiger partial charge in [0, 0.05) is 11.1 Å². The van der Waals surface area contributed by atoms with Gasteiger partial charge in [0.15, 0.2) is 11.6 Å². The standard InChI is InChI=1S/C19H25FN2O2/c1-18(2)13-7-8-19(18,3)16(11-13)21-22-17(23)10-12-5-6-15(24-4)14(20)9-12/h5-6,9,13H,7-8,10-11H2,1-4H3,(H,22,23)/b21-16-/t13-,19-/m0/s1. The van der Waals surface area contributed by atoms with Crippen molar-refractivity contribution in [3.63, 3.8) is 0 Å². The topological polar surface area (TPSA) is 50.7 Å². The van der Waals surface area contributed by atoms with Gasteiger partial charge in [-0.1, -0.05) is 26.8 Å². The van der Waals surface area contributed by atoms with E-state index >= 15 is 0 Å². The maximum atomic E-state index is 13.7. The Labute approximate surface area is 142 Å². The molecule has 0 aromatic heterocycles. The molecule has 0 aliphatic heterocycles. The lowest BCUT2D eigenvalue weighted by atomic mass is 9.70. The predicted molar refractivity (Wildman–Crippen MR) is 91.5 cm³/mol. The number of methoxy groups -OCH3 is 1. The zero-order chi connectivity index (χ0) is 17.5. The lowest BCUT2D eigenvalue weighted by Crippen LogP contribution is -2.34. The predicted octanol–water partition coefficient (Wildman–Crippen LogP) is 3.70. The number of halogens is 1. The number of amides is 1. The van der Waals surface area contributed by atoms with Crippen LogP contribution in [0.5, 0.6) is 5.75 Å². The lowest BCUT2D eigenvalue weighted by molar-refractivity contribution is -0.120. The van der Waals surface area contributed by atoms with E-state index in [0.29, 0.717) is 11.5 Å². The van der Waals surface area contributed by atoms with E-state index in [1.165, 1.54) is 25.7 Å². The Balaban J connectivity index is 1.65. The molecule has 2 fully saturated rings. The van der Waals surface area contributed by atoms with Crippen molar-refractivity contribution < 1.29 is 13.9 Å². The van der Waals surface area contributed by atoms with Gasteiger partial charge in [-0.15, -0.1) is 0 Å². The van der Waals surface area contributed by atoms with Crippen LogP contribution < -0.4 is 10.2 Å². The highest BCUT2D eigenvalue weighted by Gasteiger charge is 2.59. The number of ether oxygens (including phenoxy) is 1. The summed E-state index contributed by atoms with van der Waals surface area (Å²) in [7, 11) is 1.41. The van der Waals surface area contributed by atoms with Gasteiger partial charge in [0.2, 0.25) is 5.91 Å². The molecular formula is C19H25FN2O2. The highest BCUT2D eigenvalue weighted by atomic mass is 19.1. The molecule has 1 aromatic carbocycles. The van der Waals surface area contributed by atoms with E-state index in [1.807, 2.05) is 0 Å². The molecule has 0 unspecified atom stereocenters. The molecule has 2 aliphatic carbocycles. The van der Waals surface area contributed by atoms with Gasteiger partial charge in [0.05, 0.1) is 13.5 Å². The van der Waals surface area contributed by atoms with E-state index in [1.54, 1.807) is 6.07 Å². The molecule has 1 aromatic rings. The molecule has 5 heteroatoms. The third-order valence-electron chi connectivity index (χ3n) is 6.41. The third-order valence-corrected chi connectivity index (χ3v) is 6.41. The van der Waals surface area contributed by atoms with Crippen molar-refractivity contribution in [3.8, 4) is 5.75 Å². The normalized spacial score (nSPS) is 29.0. The molecule has 0 spiro atoms. The van der Waals surface area contributed by atoms with Crippen LogP contribution in [0.1, 0.15) is 45.6 Å². The first-order valence-electron chi connectivity index (χ1n) is 8.46. The van der Waals surface area contributed by atoms with Gasteiger partial charge in [0.1, 0.15) is 0 Å². The third kappa shape index (κ3) is 2.60. The molecule has 0 saturated heterocycles. The molecule has 2 saturated carbocycles. The van der Waals surface area contributed by atoms with Gasteiger partial charge in [-0.3, -0.25) is 4.79 Å². The fourth-order valence-corrected chi connectivity index (χ4v) is 4.27. The van der Waals surface area contributed by atoms with Gasteiger partial charge in [-0.05, 0) is 48.3 Å². The Morgan fingerprint density at radius 2 is 2.17 bits per heavy atom. The zero-order valence-electron chi connectivity index (χ0n) is 14.8. The summed E-state index contributed by atoms with van der Waals surface area (Å²) in [5.74, 6) is 0.137. The van der Waals surface area contributed by atoms with Crippen molar-refractivity contribution in [1.29, 1.82) is 0 Å². The van der Waals surface area contributed by atoms with Crippen molar-refractivity contribution in [2.45, 2.75) is 46.5 Å². The molecule has 3 rings (SSSR count). The first-order chi connectivity index (χ1) is 11.3. The minimum absolute atomic E-state index is 0.0666. The highest BCUT2D eigenvalue weighted by Crippen LogP contribution is 2.63. The number of nitrogens with one attached hydrogen (secondary N) is 1. The minimum Gasteiger partial charge on any atom is -0.494 e. The average molecular weight is 332 g/mol. The highest BCUT2D eigenvalue weighted by molar-refractivity contribution is 5.95. The van der Waals surface area contributed by atoms with E-state index in [0.717, 1.165) is 18.6 Å². The lowest BCUT2D eigenvalue weighted by Gasteiger charge is -2.34. The summed E-state index contributed by atoms with van der Waals surface area (Å²) in [5.41, 5.74) is 4.66. The average Bonchev–Trinajstić information content (AvgIpc) is 2.86. The molecule has 4 nitrogen and oxygen atoms in total. The van der Waals surface area contributed by atoms with E-state index < -0.39 is 5.82 Å². The molecule has 1 amide bonds. The van der Waals surface area contributed by atoms with Crippen molar-refractivity contribution >= 4 is 11.6 Å². The monoisotopic (exact) mass is 332 g/mol. The van der Waals surface area contributed by atoms with Crippen LogP contribution in [0.3, 0.4) is 0 Å². The molecule has 2 aliphatic rings. The molecule has 24 heavy (non-hydrogen) atoms. The second kappa shape index (κ2) is 5.87. The van der Waals surface area contributed by atoms with E-state index in [-0.39, 0.29) is 28.9 Å². The Hall–Kier alpha value is -1.91. The number of nitrogens with zero attached hydrogens (tertiary/aromatic N) is 1. The molecule has 1 N–H and O–H groups in total. The van der Waals surface area contributed by atoms with Gasteiger partial charge < -0.3 is 4.74 Å². The molecule has 0 radical (unpaired) electrons. The molecule has 0 heterocycles. The largest absolute Gasteiger partial charge is 0.494 e. The van der Waals surface area contributed by atoms with Gasteiger partial charge in [0.25, 0.3) is 0 Å². The summed E-state index contributed by atoms with van der Waals surface area (Å²) in [6.07, 6.45) is 3.42. The van der Waals surface area contributed by atoms with Crippen LogP contribution in [0.15, 0.2) is 23.3 Å². The number of carbonyl (C=O) groups excluding carboxylic acids is 1. The fraction of sp³-hybridized carbons (Fsp3) is 0.579. The van der Waals surface area contributed by atoms with Crippen molar-refractivity contribution in [1.82, 2.24) is 5.43 Å². The van der Waals surface area contributed by atoms with Crippen LogP contribution >= 0.6 is 0 Å². The van der Waals surface area contributed by atoms with E-state index in [2.05, 4.69) is 31.3 Å². The molecule has 2 atom stereocenters. The van der Waals surface area contributed by atoms with Crippen LogP contribution in [0.25, 0.3) is 0 Å². The number of hydrogen-bond donors (Lipinski definition) is 1. The molecular weight excluding hydrogens is 307 g/mol. The Morgan fingerprint density at radius 1 is 1.42 bits per heavy atom. The Bertz CT molecular complexity index is 699. The summed E-state index contributed by atoms with van der Waals surface area (Å²) < 4.78 is 18.6. The summed E-state index contributed by atoms with van der Waals surface area (Å²) in [4.78, 5) is 12.1. The van der Waals surface area contributed by atoms with E-state index in [4.69, 9.17) is 4.74 Å². The SMILES string of the molecule is COc1ccc(CC(=O)N/N=C2/C[C@@H]3CC[C@]2(C)C3(C)C)cc1F. The zero-order valence-corrected chi connectivity index (χ0v) is 14.8. The van der Waals surface area contributed by atoms with Gasteiger partial charge >= 0.3 is 0 Å². The Morgan fingerprint density at radius 3 is 2.71 bits per heavy atom. The second-order valence-electron chi connectivity index (χ2n) is 7.73. The Kier molecular flexibility index (Phi) is 4.14. The van der Waals surface area contributed by atoms with Crippen LogP contribution in [0.4, 0.5) is 4.39 Å². The van der Waals surface area contributed by atoms with Gasteiger partial charge in [-0.25, -0.2) is 9.82 Å². The molecule has 130 valence electrons. The van der Waals surface area contributed by atoms with Gasteiger partial charge in [-0.2, -0.15) is 5.10 Å². The van der Waals surface area contributed by atoms with Crippen LogP contribution in [0, 0.1) is 22.6 Å². The molecule has 2 bridgehead atoms. The maximum absolute atomic E-state index is 13.7. The summed E-state index contributed by atoms with van der Waals surface area (Å²) >= 11 is 0. The quantitative estimate of drug-likeness (QED) is 0.855. The number of fused-ring (bicyclic) bond motifs is 2. The number of rotatable bonds is 4. The summed E-state index contributed by atoms with van der Waals surface area (Å²) in [6.45, 7) is 6.86. The van der Waals surface area contributed by atoms with Crippen LogP contribution in [-0.4, -0.2) is 18.7 Å². The number of hydrogen-bond acceptors (Lipinski definition) is 3. The minimum atomic E-state index is -0.462. The van der Waals surface area contributed by atoms with Crippen molar-refractivity contribution in [3.05, 3.63) is 29.6 Å². The maximum Gasteiger partial charge on any atom is 0.244 e. The summed E-state index contributed by atoms with van der Waals surface area (Å²) in [5, 5.41) is 4.42. The second-order valence-corrected chi connectivity index (χ2v) is 7.73. The van der Waals surface area contributed by atoms with Crippen LogP contribution in [0.2, 0.25) is 0 Å². The fourth-order valence-electron chi connectivity index (χ4n) is 4.27. The number of carbonyl (C=O) groups is 1. The van der Waals surface area contributed by atoms with Crippen molar-refractivity contribution in [2.75, 3.05) is 7.11 Å². The number of benzene rings is 1. The first kappa shape index (κ1) is 16.9.